The number of ether oxygens (including phenoxy) is 9. The van der Waals surface area contributed by atoms with E-state index >= 15 is 0 Å². The minimum Gasteiger partial charge on any atom is -0.463 e. The summed E-state index contributed by atoms with van der Waals surface area (Å²) in [7, 11) is 0. The number of alkyl halides is 3. The maximum atomic E-state index is 13.0. The Labute approximate surface area is 300 Å². The first-order valence-corrected chi connectivity index (χ1v) is 16.8. The molecule has 0 aromatic heterocycles. The van der Waals surface area contributed by atoms with Crippen LogP contribution < -0.4 is 5.32 Å². The van der Waals surface area contributed by atoms with Crippen LogP contribution in [0.15, 0.2) is 0 Å². The number of amides is 1. The van der Waals surface area contributed by atoms with E-state index in [1.165, 1.54) is 0 Å². The second-order valence-corrected chi connectivity index (χ2v) is 14.2. The molecule has 0 aliphatic carbocycles. The molecule has 1 N–H and O–H groups in total. The molecule has 278 valence electrons. The van der Waals surface area contributed by atoms with E-state index in [1.807, 2.05) is 0 Å². The van der Waals surface area contributed by atoms with Gasteiger partial charge in [-0.2, -0.15) is 0 Å². The number of nitrogens with one attached hydrogen (secondary N) is 1. The van der Waals surface area contributed by atoms with Crippen molar-refractivity contribution in [3.8, 4) is 0 Å². The zero-order chi connectivity index (χ0) is 37.2. The molecule has 21 heteroatoms. The van der Waals surface area contributed by atoms with Crippen LogP contribution in [0.3, 0.4) is 0 Å². The van der Waals surface area contributed by atoms with Gasteiger partial charge in [0.05, 0.1) is 6.04 Å². The van der Waals surface area contributed by atoms with E-state index in [9.17, 15) is 33.6 Å². The van der Waals surface area contributed by atoms with Crippen LogP contribution in [0.1, 0.15) is 48.5 Å². The molecular formula is C28H38Cl3NO16S. The van der Waals surface area contributed by atoms with E-state index in [0.717, 1.165) is 53.3 Å². The number of hydrogen-bond acceptors (Lipinski definition) is 17. The lowest BCUT2D eigenvalue weighted by Gasteiger charge is -2.49. The number of esters is 6. The number of hydrogen-bond donors (Lipinski definition) is 1. The van der Waals surface area contributed by atoms with Crippen LogP contribution >= 0.6 is 46.6 Å². The van der Waals surface area contributed by atoms with Crippen molar-refractivity contribution in [3.05, 3.63) is 0 Å². The Morgan fingerprint density at radius 1 is 0.633 bits per heavy atom. The summed E-state index contributed by atoms with van der Waals surface area (Å²) in [5.41, 5.74) is -1.05. The fourth-order valence-corrected chi connectivity index (χ4v) is 6.02. The van der Waals surface area contributed by atoms with Crippen LogP contribution in [0.4, 0.5) is 0 Å². The van der Waals surface area contributed by atoms with Crippen molar-refractivity contribution in [2.45, 2.75) is 113 Å². The van der Waals surface area contributed by atoms with Crippen LogP contribution in [0, 0.1) is 0 Å². The molecule has 2 heterocycles. The number of halogens is 3. The van der Waals surface area contributed by atoms with Gasteiger partial charge in [-0.25, -0.2) is 0 Å². The first-order valence-electron chi connectivity index (χ1n) is 14.7. The standard InChI is InChI=1S/C28H38Cl3NO16S/c1-8-49-26-19(32-27(39)28(29,30)31)22(20(42-13(4)35)18(47-26)10-41-12(3)34)48-25-24(45-16(7)38)23(44-15(6)37)21(43-14(5)36)17(46-25)9-40-11(2)33/h17-26H,8-10H2,1-7H3,(H,32,39)/t17-,18-,19-,20-,21+,22-,23+,24-,25+,26+/m1/s1. The lowest BCUT2D eigenvalue weighted by Crippen LogP contribution is -2.69. The van der Waals surface area contributed by atoms with E-state index in [0.29, 0.717) is 5.75 Å². The molecule has 0 radical (unpaired) electrons. The summed E-state index contributed by atoms with van der Waals surface area (Å²) in [6.45, 7) is 7.14. The molecule has 0 unspecified atom stereocenters. The van der Waals surface area contributed by atoms with Gasteiger partial charge in [-0.05, 0) is 5.75 Å². The van der Waals surface area contributed by atoms with Crippen molar-refractivity contribution in [3.63, 3.8) is 0 Å². The zero-order valence-corrected chi connectivity index (χ0v) is 30.6. The highest BCUT2D eigenvalue weighted by molar-refractivity contribution is 7.99. The second kappa shape index (κ2) is 19.1. The number of carbonyl (C=O) groups is 7. The summed E-state index contributed by atoms with van der Waals surface area (Å²) in [6.07, 6.45) is -12.3. The Bertz CT molecular complexity index is 1230. The average molecular weight is 783 g/mol. The third kappa shape index (κ3) is 13.2. The summed E-state index contributed by atoms with van der Waals surface area (Å²) >= 11 is 18.7. The molecule has 0 saturated carbocycles. The topological polar surface area (TPSA) is 215 Å². The van der Waals surface area contributed by atoms with Gasteiger partial charge in [-0.1, -0.05) is 41.7 Å². The molecule has 49 heavy (non-hydrogen) atoms. The van der Waals surface area contributed by atoms with E-state index in [4.69, 9.17) is 77.4 Å². The number of thioether (sulfide) groups is 1. The van der Waals surface area contributed by atoms with Gasteiger partial charge in [0.15, 0.2) is 30.7 Å². The largest absolute Gasteiger partial charge is 0.463 e. The van der Waals surface area contributed by atoms with Gasteiger partial charge in [-0.3, -0.25) is 33.6 Å². The Balaban J connectivity index is 2.79. The van der Waals surface area contributed by atoms with Crippen LogP contribution in [0.25, 0.3) is 0 Å². The van der Waals surface area contributed by atoms with Gasteiger partial charge >= 0.3 is 35.8 Å². The average Bonchev–Trinajstić information content (AvgIpc) is 2.95. The quantitative estimate of drug-likeness (QED) is 0.158. The molecule has 0 aromatic rings. The van der Waals surface area contributed by atoms with Crippen LogP contribution in [0.2, 0.25) is 0 Å². The summed E-state index contributed by atoms with van der Waals surface area (Å²) in [4.78, 5) is 85.7. The fraction of sp³-hybridized carbons (Fsp3) is 0.750. The summed E-state index contributed by atoms with van der Waals surface area (Å²) < 4.78 is 48.2. The molecule has 0 bridgehead atoms. The van der Waals surface area contributed by atoms with Crippen molar-refractivity contribution in [1.82, 2.24) is 5.32 Å². The number of carbonyl (C=O) groups excluding carboxylic acids is 7. The summed E-state index contributed by atoms with van der Waals surface area (Å²) in [5.74, 6) is -5.74. The lowest BCUT2D eigenvalue weighted by molar-refractivity contribution is -0.333. The molecular weight excluding hydrogens is 745 g/mol. The Morgan fingerprint density at radius 3 is 1.49 bits per heavy atom. The van der Waals surface area contributed by atoms with Crippen LogP contribution in [-0.4, -0.2) is 125 Å². The molecule has 17 nitrogen and oxygen atoms in total. The SMILES string of the molecule is CCS[C@@H]1O[C@H](COC(C)=O)[C@@H](OC(C)=O)[C@H](O[C@@H]2O[C@H](COC(C)=O)[C@H](OC(C)=O)[C@H](OC(C)=O)[C@H]2OC(C)=O)[C@H]1NC(=O)C(Cl)(Cl)Cl. The molecule has 0 spiro atoms. The second-order valence-electron chi connectivity index (χ2n) is 10.5. The molecule has 1 amide bonds. The Morgan fingerprint density at radius 2 is 1.06 bits per heavy atom. The summed E-state index contributed by atoms with van der Waals surface area (Å²) in [5, 5.41) is 2.52. The van der Waals surface area contributed by atoms with Gasteiger partial charge in [-0.15, -0.1) is 11.8 Å². The smallest absolute Gasteiger partial charge is 0.303 e. The molecule has 10 atom stereocenters. The van der Waals surface area contributed by atoms with Crippen molar-refractivity contribution in [2.75, 3.05) is 19.0 Å². The van der Waals surface area contributed by atoms with Gasteiger partial charge in [0.1, 0.15) is 37.0 Å². The molecule has 2 saturated heterocycles. The van der Waals surface area contributed by atoms with Gasteiger partial charge < -0.3 is 47.9 Å². The lowest BCUT2D eigenvalue weighted by atomic mass is 9.95. The fourth-order valence-electron chi connectivity index (χ4n) is 4.88. The third-order valence-corrected chi connectivity index (χ3v) is 8.11. The Hall–Kier alpha value is -2.61. The third-order valence-electron chi connectivity index (χ3n) is 6.52. The monoisotopic (exact) mass is 781 g/mol. The molecule has 2 fully saturated rings. The van der Waals surface area contributed by atoms with Gasteiger partial charge in [0.25, 0.3) is 9.70 Å². The van der Waals surface area contributed by atoms with Crippen molar-refractivity contribution in [2.24, 2.45) is 0 Å². The predicted octanol–water partition coefficient (Wildman–Crippen LogP) is 1.28. The van der Waals surface area contributed by atoms with E-state index in [-0.39, 0.29) is 0 Å². The van der Waals surface area contributed by atoms with Crippen LogP contribution in [-0.2, 0) is 76.2 Å². The highest BCUT2D eigenvalue weighted by Gasteiger charge is 2.57. The Kier molecular flexibility index (Phi) is 16.6. The molecule has 2 rings (SSSR count). The minimum absolute atomic E-state index is 0.384. The predicted molar refractivity (Wildman–Crippen MR) is 168 cm³/mol. The maximum Gasteiger partial charge on any atom is 0.303 e. The van der Waals surface area contributed by atoms with Gasteiger partial charge in [0, 0.05) is 41.5 Å². The van der Waals surface area contributed by atoms with E-state index in [1.54, 1.807) is 6.92 Å². The maximum absolute atomic E-state index is 13.0. The van der Waals surface area contributed by atoms with E-state index in [2.05, 4.69) is 5.32 Å². The van der Waals surface area contributed by atoms with Crippen molar-refractivity contribution < 1.29 is 76.2 Å². The van der Waals surface area contributed by atoms with Gasteiger partial charge in [0.2, 0.25) is 0 Å². The van der Waals surface area contributed by atoms with Crippen molar-refractivity contribution in [1.29, 1.82) is 0 Å². The minimum atomic E-state index is -2.49. The first-order chi connectivity index (χ1) is 22.7. The molecule has 2 aliphatic rings. The zero-order valence-electron chi connectivity index (χ0n) is 27.5. The highest BCUT2D eigenvalue weighted by atomic mass is 35.6. The molecule has 0 aromatic carbocycles. The summed E-state index contributed by atoms with van der Waals surface area (Å²) in [6, 6.07) is -1.34. The normalized spacial score (nSPS) is 29.8. The van der Waals surface area contributed by atoms with E-state index < -0.39 is 119 Å². The van der Waals surface area contributed by atoms with Crippen LogP contribution in [0.5, 0.6) is 0 Å². The number of rotatable bonds is 13. The highest BCUT2D eigenvalue weighted by Crippen LogP contribution is 2.37. The van der Waals surface area contributed by atoms with Crippen molar-refractivity contribution >= 4 is 88.3 Å². The first kappa shape index (κ1) is 42.6. The molecule has 2 aliphatic heterocycles.